The van der Waals surface area contributed by atoms with E-state index >= 15 is 0 Å². The standard InChI is InChI=1S/C20H21FN2OS/c1-14-18(22-20(24-14)16-9-11-25-13-16)12-23-10-3-2-4-19(23)15-5-7-17(21)8-6-15/h5-9,11,13,19H,2-4,10,12H2,1H3. The summed E-state index contributed by atoms with van der Waals surface area (Å²) in [6, 6.07) is 9.27. The van der Waals surface area contributed by atoms with Crippen LogP contribution in [0.4, 0.5) is 4.39 Å². The summed E-state index contributed by atoms with van der Waals surface area (Å²) >= 11 is 1.64. The van der Waals surface area contributed by atoms with E-state index in [4.69, 9.17) is 9.40 Å². The number of likely N-dealkylation sites (tertiary alicyclic amines) is 1. The minimum Gasteiger partial charge on any atom is -0.441 e. The highest BCUT2D eigenvalue weighted by Gasteiger charge is 2.26. The molecule has 1 fully saturated rings. The molecular weight excluding hydrogens is 335 g/mol. The van der Waals surface area contributed by atoms with Crippen molar-refractivity contribution < 1.29 is 8.81 Å². The molecule has 0 aliphatic carbocycles. The van der Waals surface area contributed by atoms with Gasteiger partial charge in [0.25, 0.3) is 0 Å². The summed E-state index contributed by atoms with van der Waals surface area (Å²) in [4.78, 5) is 7.17. The van der Waals surface area contributed by atoms with Crippen molar-refractivity contribution in [1.82, 2.24) is 9.88 Å². The van der Waals surface area contributed by atoms with Crippen LogP contribution in [-0.4, -0.2) is 16.4 Å². The Kier molecular flexibility index (Phi) is 4.68. The number of hydrogen-bond acceptors (Lipinski definition) is 4. The molecule has 1 saturated heterocycles. The van der Waals surface area contributed by atoms with Gasteiger partial charge in [0.15, 0.2) is 0 Å². The van der Waals surface area contributed by atoms with Crippen molar-refractivity contribution in [3.63, 3.8) is 0 Å². The summed E-state index contributed by atoms with van der Waals surface area (Å²) < 4.78 is 19.1. The normalized spacial score (nSPS) is 18.6. The third kappa shape index (κ3) is 3.53. The van der Waals surface area contributed by atoms with Gasteiger partial charge in [0.2, 0.25) is 5.89 Å². The minimum absolute atomic E-state index is 0.182. The summed E-state index contributed by atoms with van der Waals surface area (Å²) in [5.41, 5.74) is 3.21. The molecule has 1 atom stereocenters. The number of halogens is 1. The van der Waals surface area contributed by atoms with E-state index < -0.39 is 0 Å². The van der Waals surface area contributed by atoms with Gasteiger partial charge in [-0.05, 0) is 55.5 Å². The first-order valence-corrected chi connectivity index (χ1v) is 9.63. The van der Waals surface area contributed by atoms with Crippen LogP contribution in [0.3, 0.4) is 0 Å². The first-order valence-electron chi connectivity index (χ1n) is 8.69. The Morgan fingerprint density at radius 3 is 2.84 bits per heavy atom. The van der Waals surface area contributed by atoms with Crippen LogP contribution < -0.4 is 0 Å². The summed E-state index contributed by atoms with van der Waals surface area (Å²) in [7, 11) is 0. The smallest absolute Gasteiger partial charge is 0.227 e. The third-order valence-electron chi connectivity index (χ3n) is 4.88. The van der Waals surface area contributed by atoms with Gasteiger partial charge in [-0.15, -0.1) is 0 Å². The van der Waals surface area contributed by atoms with Crippen molar-refractivity contribution in [3.8, 4) is 11.5 Å². The zero-order valence-corrected chi connectivity index (χ0v) is 15.1. The Balaban J connectivity index is 1.57. The first-order chi connectivity index (χ1) is 12.2. The molecule has 0 spiro atoms. The van der Waals surface area contributed by atoms with Crippen molar-refractivity contribution in [1.29, 1.82) is 0 Å². The van der Waals surface area contributed by atoms with Crippen molar-refractivity contribution >= 4 is 11.3 Å². The lowest BCUT2D eigenvalue weighted by Crippen LogP contribution is -2.33. The van der Waals surface area contributed by atoms with E-state index in [0.29, 0.717) is 11.9 Å². The van der Waals surface area contributed by atoms with Crippen LogP contribution in [0.25, 0.3) is 11.5 Å². The number of hydrogen-bond donors (Lipinski definition) is 0. The molecule has 1 unspecified atom stereocenters. The molecule has 0 radical (unpaired) electrons. The number of nitrogens with zero attached hydrogens (tertiary/aromatic N) is 2. The predicted octanol–water partition coefficient (Wildman–Crippen LogP) is 5.58. The summed E-state index contributed by atoms with van der Waals surface area (Å²) in [5.74, 6) is 1.40. The van der Waals surface area contributed by atoms with Gasteiger partial charge < -0.3 is 4.42 Å². The molecule has 3 nitrogen and oxygen atoms in total. The van der Waals surface area contributed by atoms with E-state index in [2.05, 4.69) is 10.3 Å². The number of oxazole rings is 1. The molecule has 3 heterocycles. The zero-order chi connectivity index (χ0) is 17.2. The van der Waals surface area contributed by atoms with Gasteiger partial charge in [0.05, 0.1) is 5.69 Å². The number of aromatic nitrogens is 1. The number of piperidine rings is 1. The van der Waals surface area contributed by atoms with Crippen LogP contribution in [0.15, 0.2) is 45.5 Å². The fourth-order valence-electron chi connectivity index (χ4n) is 3.52. The topological polar surface area (TPSA) is 29.3 Å². The van der Waals surface area contributed by atoms with Gasteiger partial charge in [-0.3, -0.25) is 4.90 Å². The Morgan fingerprint density at radius 2 is 2.08 bits per heavy atom. The largest absolute Gasteiger partial charge is 0.441 e. The van der Waals surface area contributed by atoms with Gasteiger partial charge in [0.1, 0.15) is 11.6 Å². The molecule has 2 aromatic heterocycles. The number of rotatable bonds is 4. The highest BCUT2D eigenvalue weighted by Crippen LogP contribution is 2.33. The summed E-state index contributed by atoms with van der Waals surface area (Å²) in [5, 5.41) is 4.08. The highest BCUT2D eigenvalue weighted by atomic mass is 32.1. The molecule has 5 heteroatoms. The fourth-order valence-corrected chi connectivity index (χ4v) is 4.15. The minimum atomic E-state index is -0.182. The highest BCUT2D eigenvalue weighted by molar-refractivity contribution is 7.08. The maximum Gasteiger partial charge on any atom is 0.227 e. The van der Waals surface area contributed by atoms with E-state index in [-0.39, 0.29) is 5.82 Å². The predicted molar refractivity (Wildman–Crippen MR) is 98.0 cm³/mol. The molecule has 1 aliphatic rings. The average Bonchev–Trinajstić information content (AvgIpc) is 3.27. The monoisotopic (exact) mass is 356 g/mol. The van der Waals surface area contributed by atoms with Crippen LogP contribution in [0.2, 0.25) is 0 Å². The molecule has 0 saturated carbocycles. The van der Waals surface area contributed by atoms with E-state index in [0.717, 1.165) is 36.5 Å². The van der Waals surface area contributed by atoms with Gasteiger partial charge in [-0.2, -0.15) is 11.3 Å². The second-order valence-corrected chi connectivity index (χ2v) is 7.35. The lowest BCUT2D eigenvalue weighted by Gasteiger charge is -2.35. The molecule has 1 aromatic carbocycles. The second kappa shape index (κ2) is 7.10. The van der Waals surface area contributed by atoms with E-state index in [1.165, 1.54) is 18.4 Å². The van der Waals surface area contributed by atoms with Gasteiger partial charge in [-0.1, -0.05) is 18.6 Å². The maximum atomic E-state index is 13.3. The summed E-state index contributed by atoms with van der Waals surface area (Å²) in [6.07, 6.45) is 3.49. The van der Waals surface area contributed by atoms with Crippen LogP contribution in [0, 0.1) is 12.7 Å². The molecule has 0 N–H and O–H groups in total. The van der Waals surface area contributed by atoms with Crippen molar-refractivity contribution in [2.45, 2.75) is 38.8 Å². The number of benzene rings is 1. The van der Waals surface area contributed by atoms with E-state index in [9.17, 15) is 4.39 Å². The lowest BCUT2D eigenvalue weighted by atomic mass is 9.95. The molecule has 1 aliphatic heterocycles. The van der Waals surface area contributed by atoms with E-state index in [1.54, 1.807) is 23.5 Å². The molecule has 0 amide bonds. The quantitative estimate of drug-likeness (QED) is 0.611. The molecule has 25 heavy (non-hydrogen) atoms. The molecule has 0 bridgehead atoms. The van der Waals surface area contributed by atoms with Crippen molar-refractivity contribution in [3.05, 3.63) is 63.9 Å². The van der Waals surface area contributed by atoms with Crippen LogP contribution in [0.1, 0.15) is 42.3 Å². The Bertz CT molecular complexity index is 826. The van der Waals surface area contributed by atoms with Crippen LogP contribution >= 0.6 is 11.3 Å². The van der Waals surface area contributed by atoms with Crippen LogP contribution in [0.5, 0.6) is 0 Å². The van der Waals surface area contributed by atoms with Gasteiger partial charge in [0, 0.05) is 23.5 Å². The summed E-state index contributed by atoms with van der Waals surface area (Å²) in [6.45, 7) is 3.78. The van der Waals surface area contributed by atoms with Crippen LogP contribution in [-0.2, 0) is 6.54 Å². The first kappa shape index (κ1) is 16.5. The second-order valence-electron chi connectivity index (χ2n) is 6.57. The Labute approximate surface area is 151 Å². The van der Waals surface area contributed by atoms with Gasteiger partial charge >= 0.3 is 0 Å². The Morgan fingerprint density at radius 1 is 1.24 bits per heavy atom. The number of aryl methyl sites for hydroxylation is 1. The van der Waals surface area contributed by atoms with Gasteiger partial charge in [-0.25, -0.2) is 9.37 Å². The molecule has 4 rings (SSSR count). The fraction of sp³-hybridized carbons (Fsp3) is 0.350. The van der Waals surface area contributed by atoms with Crippen molar-refractivity contribution in [2.24, 2.45) is 0 Å². The maximum absolute atomic E-state index is 13.3. The Hall–Kier alpha value is -1.98. The van der Waals surface area contributed by atoms with Crippen molar-refractivity contribution in [2.75, 3.05) is 6.54 Å². The molecule has 3 aromatic rings. The zero-order valence-electron chi connectivity index (χ0n) is 14.2. The molecule has 130 valence electrons. The number of thiophene rings is 1. The average molecular weight is 356 g/mol. The lowest BCUT2D eigenvalue weighted by molar-refractivity contribution is 0.138. The van der Waals surface area contributed by atoms with E-state index in [1.807, 2.05) is 30.5 Å². The molecular formula is C20H21FN2OS. The third-order valence-corrected chi connectivity index (χ3v) is 5.57. The SMILES string of the molecule is Cc1oc(-c2ccsc2)nc1CN1CCCCC1c1ccc(F)cc1.